The molecule has 15 heavy (non-hydrogen) atoms. The molecular weight excluding hydrogens is 192 g/mol. The van der Waals surface area contributed by atoms with E-state index in [1.54, 1.807) is 0 Å². The molecule has 1 fully saturated rings. The summed E-state index contributed by atoms with van der Waals surface area (Å²) in [6.07, 6.45) is 7.38. The molecule has 0 bridgehead atoms. The number of hydrogen-bond donors (Lipinski definition) is 0. The zero-order chi connectivity index (χ0) is 11.1. The molecule has 0 atom stereocenters. The van der Waals surface area contributed by atoms with Crippen LogP contribution < -0.4 is 0 Å². The number of Topliss-reactive ketones (excluding diaryl/α,β-unsaturated/α-hetero) is 1. The number of carbonyl (C=O) groups excluding carboxylic acids is 1. The summed E-state index contributed by atoms with van der Waals surface area (Å²) in [5.74, 6) is 2.62. The Bertz CT molecular complexity index is 241. The van der Waals surface area contributed by atoms with Crippen LogP contribution in [0.25, 0.3) is 0 Å². The molecule has 0 unspecified atom stereocenters. The van der Waals surface area contributed by atoms with Crippen molar-refractivity contribution >= 4 is 5.78 Å². The number of carbonyl (C=O) groups is 1. The topological polar surface area (TPSA) is 35.5 Å². The van der Waals surface area contributed by atoms with Crippen LogP contribution in [-0.4, -0.2) is 31.2 Å². The second-order valence-corrected chi connectivity index (χ2v) is 3.67. The van der Waals surface area contributed by atoms with Crippen LogP contribution in [0.1, 0.15) is 32.6 Å². The lowest BCUT2D eigenvalue weighted by Crippen LogP contribution is -2.46. The van der Waals surface area contributed by atoms with Crippen LogP contribution in [0, 0.1) is 12.3 Å². The molecular formula is C12H18O3. The highest BCUT2D eigenvalue weighted by molar-refractivity contribution is 5.87. The Kier molecular flexibility index (Phi) is 4.80. The summed E-state index contributed by atoms with van der Waals surface area (Å²) in [5, 5.41) is 0. The summed E-state index contributed by atoms with van der Waals surface area (Å²) in [5.41, 5.74) is -0.621. The van der Waals surface area contributed by atoms with E-state index in [0.29, 0.717) is 45.5 Å². The lowest BCUT2D eigenvalue weighted by molar-refractivity contribution is -0.157. The molecule has 0 N–H and O–H groups in total. The zero-order valence-electron chi connectivity index (χ0n) is 9.25. The van der Waals surface area contributed by atoms with Gasteiger partial charge >= 0.3 is 0 Å². The van der Waals surface area contributed by atoms with Crippen molar-refractivity contribution in [2.24, 2.45) is 0 Å². The number of hydrogen-bond acceptors (Lipinski definition) is 3. The standard InChI is InChI=1S/C12H18O3/c1-3-5-6-11(13)12(15-4-2)7-9-14-10-8-12/h1H,4-10H2,2H3. The second kappa shape index (κ2) is 5.89. The molecule has 1 rings (SSSR count). The van der Waals surface area contributed by atoms with E-state index in [0.717, 1.165) is 0 Å². The van der Waals surface area contributed by atoms with Crippen molar-refractivity contribution in [1.82, 2.24) is 0 Å². The van der Waals surface area contributed by atoms with Gasteiger partial charge in [-0.25, -0.2) is 0 Å². The monoisotopic (exact) mass is 210 g/mol. The quantitative estimate of drug-likeness (QED) is 0.646. The molecule has 0 saturated carbocycles. The molecule has 1 aliphatic rings. The second-order valence-electron chi connectivity index (χ2n) is 3.67. The predicted octanol–water partition coefficient (Wildman–Crippen LogP) is 1.55. The normalized spacial score (nSPS) is 19.5. The largest absolute Gasteiger partial charge is 0.381 e. The van der Waals surface area contributed by atoms with Gasteiger partial charge in [0.05, 0.1) is 0 Å². The van der Waals surface area contributed by atoms with Crippen molar-refractivity contribution in [3.63, 3.8) is 0 Å². The molecule has 0 radical (unpaired) electrons. The third kappa shape index (κ3) is 3.05. The van der Waals surface area contributed by atoms with Crippen LogP contribution in [-0.2, 0) is 14.3 Å². The van der Waals surface area contributed by atoms with E-state index in [4.69, 9.17) is 15.9 Å². The van der Waals surface area contributed by atoms with Gasteiger partial charge in [-0.2, -0.15) is 0 Å². The van der Waals surface area contributed by atoms with Gasteiger partial charge in [0.25, 0.3) is 0 Å². The Labute approximate surface area is 91.1 Å². The highest BCUT2D eigenvalue weighted by Crippen LogP contribution is 2.27. The van der Waals surface area contributed by atoms with Crippen molar-refractivity contribution in [1.29, 1.82) is 0 Å². The Morgan fingerprint density at radius 2 is 2.20 bits per heavy atom. The first kappa shape index (κ1) is 12.2. The summed E-state index contributed by atoms with van der Waals surface area (Å²) in [6, 6.07) is 0. The summed E-state index contributed by atoms with van der Waals surface area (Å²) in [6.45, 7) is 3.66. The molecule has 0 aromatic heterocycles. The van der Waals surface area contributed by atoms with Gasteiger partial charge in [-0.15, -0.1) is 12.3 Å². The van der Waals surface area contributed by atoms with E-state index in [-0.39, 0.29) is 5.78 Å². The molecule has 0 aliphatic carbocycles. The molecule has 1 aliphatic heterocycles. The smallest absolute Gasteiger partial charge is 0.165 e. The van der Waals surface area contributed by atoms with Gasteiger partial charge < -0.3 is 9.47 Å². The molecule has 3 nitrogen and oxygen atoms in total. The van der Waals surface area contributed by atoms with Crippen LogP contribution in [0.2, 0.25) is 0 Å². The predicted molar refractivity (Wildman–Crippen MR) is 57.5 cm³/mol. The maximum Gasteiger partial charge on any atom is 0.165 e. The minimum atomic E-state index is -0.621. The minimum Gasteiger partial charge on any atom is -0.381 e. The van der Waals surface area contributed by atoms with Crippen LogP contribution in [0.4, 0.5) is 0 Å². The minimum absolute atomic E-state index is 0.130. The molecule has 0 spiro atoms. The van der Waals surface area contributed by atoms with Crippen LogP contribution in [0.3, 0.4) is 0 Å². The molecule has 1 heterocycles. The number of rotatable bonds is 5. The highest BCUT2D eigenvalue weighted by atomic mass is 16.5. The van der Waals surface area contributed by atoms with E-state index in [2.05, 4.69) is 5.92 Å². The summed E-state index contributed by atoms with van der Waals surface area (Å²) in [7, 11) is 0. The Morgan fingerprint density at radius 1 is 1.53 bits per heavy atom. The number of ketones is 1. The van der Waals surface area contributed by atoms with Gasteiger partial charge in [0, 0.05) is 45.5 Å². The van der Waals surface area contributed by atoms with Crippen molar-refractivity contribution in [2.45, 2.75) is 38.2 Å². The third-order valence-electron chi connectivity index (χ3n) is 2.73. The average molecular weight is 210 g/mol. The third-order valence-corrected chi connectivity index (χ3v) is 2.73. The Morgan fingerprint density at radius 3 is 2.73 bits per heavy atom. The SMILES string of the molecule is C#CCCC(=O)C1(OCC)CCOCC1. The van der Waals surface area contributed by atoms with Crippen molar-refractivity contribution in [2.75, 3.05) is 19.8 Å². The zero-order valence-corrected chi connectivity index (χ0v) is 9.25. The van der Waals surface area contributed by atoms with Gasteiger partial charge in [0.15, 0.2) is 5.78 Å². The molecule has 1 saturated heterocycles. The molecule has 0 aromatic carbocycles. The van der Waals surface area contributed by atoms with Gasteiger partial charge in [-0.1, -0.05) is 0 Å². The summed E-state index contributed by atoms with van der Waals surface area (Å²) in [4.78, 5) is 12.0. The summed E-state index contributed by atoms with van der Waals surface area (Å²) >= 11 is 0. The van der Waals surface area contributed by atoms with E-state index in [9.17, 15) is 4.79 Å². The first-order valence-corrected chi connectivity index (χ1v) is 5.43. The fourth-order valence-corrected chi connectivity index (χ4v) is 1.89. The fourth-order valence-electron chi connectivity index (χ4n) is 1.89. The van der Waals surface area contributed by atoms with Crippen molar-refractivity contribution < 1.29 is 14.3 Å². The van der Waals surface area contributed by atoms with Crippen molar-refractivity contribution in [3.05, 3.63) is 0 Å². The van der Waals surface area contributed by atoms with E-state index >= 15 is 0 Å². The summed E-state index contributed by atoms with van der Waals surface area (Å²) < 4.78 is 10.9. The van der Waals surface area contributed by atoms with Gasteiger partial charge in [0.1, 0.15) is 5.60 Å². The first-order valence-electron chi connectivity index (χ1n) is 5.43. The molecule has 0 aromatic rings. The molecule has 0 amide bonds. The average Bonchev–Trinajstić information content (AvgIpc) is 2.27. The van der Waals surface area contributed by atoms with Gasteiger partial charge in [-0.3, -0.25) is 4.79 Å². The van der Waals surface area contributed by atoms with Crippen molar-refractivity contribution in [3.8, 4) is 12.3 Å². The number of terminal acetylenes is 1. The maximum absolute atomic E-state index is 12.0. The van der Waals surface area contributed by atoms with E-state index in [1.807, 2.05) is 6.92 Å². The Balaban J connectivity index is 2.62. The lowest BCUT2D eigenvalue weighted by Gasteiger charge is -2.35. The molecule has 3 heteroatoms. The van der Waals surface area contributed by atoms with Crippen LogP contribution >= 0.6 is 0 Å². The van der Waals surface area contributed by atoms with Crippen LogP contribution in [0.5, 0.6) is 0 Å². The highest BCUT2D eigenvalue weighted by Gasteiger charge is 2.39. The fraction of sp³-hybridized carbons (Fsp3) is 0.750. The first-order chi connectivity index (χ1) is 7.25. The van der Waals surface area contributed by atoms with Gasteiger partial charge in [-0.05, 0) is 6.92 Å². The number of ether oxygens (including phenoxy) is 2. The Hall–Kier alpha value is -0.850. The van der Waals surface area contributed by atoms with E-state index in [1.165, 1.54) is 0 Å². The van der Waals surface area contributed by atoms with Crippen LogP contribution in [0.15, 0.2) is 0 Å². The van der Waals surface area contributed by atoms with E-state index < -0.39 is 5.60 Å². The maximum atomic E-state index is 12.0. The lowest BCUT2D eigenvalue weighted by atomic mass is 9.87. The van der Waals surface area contributed by atoms with Gasteiger partial charge in [0.2, 0.25) is 0 Å². The molecule has 84 valence electrons.